The lowest BCUT2D eigenvalue weighted by Gasteiger charge is -2.13. The number of nitrogens with one attached hydrogen (secondary N) is 1. The zero-order chi connectivity index (χ0) is 9.40. The molecule has 0 aromatic carbocycles. The third-order valence-electron chi connectivity index (χ3n) is 1.63. The molecule has 0 saturated carbocycles. The predicted molar refractivity (Wildman–Crippen MR) is 48.7 cm³/mol. The van der Waals surface area contributed by atoms with Gasteiger partial charge in [0.1, 0.15) is 0 Å². The van der Waals surface area contributed by atoms with Crippen LogP contribution in [0.2, 0.25) is 0 Å². The van der Waals surface area contributed by atoms with Gasteiger partial charge in [-0.3, -0.25) is 4.79 Å². The van der Waals surface area contributed by atoms with Gasteiger partial charge in [0.15, 0.2) is 0 Å². The van der Waals surface area contributed by atoms with Crippen LogP contribution >= 0.6 is 0 Å². The Balaban J connectivity index is 3.76. The van der Waals surface area contributed by atoms with Crippen molar-refractivity contribution in [3.8, 4) is 0 Å². The van der Waals surface area contributed by atoms with Crippen molar-refractivity contribution in [1.82, 2.24) is 5.32 Å². The molecule has 0 aromatic heterocycles. The highest BCUT2D eigenvalue weighted by Gasteiger charge is 2.06. The van der Waals surface area contributed by atoms with Crippen molar-refractivity contribution in [3.05, 3.63) is 12.2 Å². The molecule has 12 heavy (non-hydrogen) atoms. The Morgan fingerprint density at radius 2 is 2.33 bits per heavy atom. The molecular weight excluding hydrogens is 154 g/mol. The monoisotopic (exact) mass is 171 g/mol. The lowest BCUT2D eigenvalue weighted by atomic mass is 10.1. The molecule has 0 saturated heterocycles. The molecule has 0 radical (unpaired) electrons. The summed E-state index contributed by atoms with van der Waals surface area (Å²) in [5.41, 5.74) is 0. The number of aliphatic hydroxyl groups is 1. The number of rotatable bonds is 5. The van der Waals surface area contributed by atoms with Gasteiger partial charge in [0, 0.05) is 12.6 Å². The molecule has 70 valence electrons. The van der Waals surface area contributed by atoms with Crippen LogP contribution < -0.4 is 5.32 Å². The minimum absolute atomic E-state index is 0.0854. The maximum atomic E-state index is 11.0. The predicted octanol–water partition coefficient (Wildman–Crippen LogP) is 0.840. The van der Waals surface area contributed by atoms with E-state index in [9.17, 15) is 4.79 Å². The summed E-state index contributed by atoms with van der Waals surface area (Å²) in [6.45, 7) is 3.90. The molecule has 0 aromatic rings. The molecule has 3 nitrogen and oxygen atoms in total. The van der Waals surface area contributed by atoms with Crippen molar-refractivity contribution in [2.45, 2.75) is 32.7 Å². The van der Waals surface area contributed by atoms with E-state index in [4.69, 9.17) is 5.11 Å². The van der Waals surface area contributed by atoms with Gasteiger partial charge in [-0.05, 0) is 25.8 Å². The first-order valence-corrected chi connectivity index (χ1v) is 4.28. The third-order valence-corrected chi connectivity index (χ3v) is 1.63. The fraction of sp³-hybridized carbons (Fsp3) is 0.667. The second kappa shape index (κ2) is 6.85. The Hall–Kier alpha value is -0.830. The minimum atomic E-state index is -0.0854. The van der Waals surface area contributed by atoms with E-state index in [-0.39, 0.29) is 18.6 Å². The number of carbonyl (C=O) groups excluding carboxylic acids is 1. The lowest BCUT2D eigenvalue weighted by Crippen LogP contribution is -2.33. The van der Waals surface area contributed by atoms with Crippen molar-refractivity contribution < 1.29 is 9.90 Å². The van der Waals surface area contributed by atoms with Gasteiger partial charge < -0.3 is 10.4 Å². The molecule has 3 heteroatoms. The second-order valence-corrected chi connectivity index (χ2v) is 2.63. The zero-order valence-electron chi connectivity index (χ0n) is 7.71. The van der Waals surface area contributed by atoms with Gasteiger partial charge in [0.05, 0.1) is 0 Å². The van der Waals surface area contributed by atoms with Gasteiger partial charge >= 0.3 is 0 Å². The summed E-state index contributed by atoms with van der Waals surface area (Å²) in [5, 5.41) is 11.4. The van der Waals surface area contributed by atoms with E-state index >= 15 is 0 Å². The summed E-state index contributed by atoms with van der Waals surface area (Å²) in [6.07, 6.45) is 4.66. The average molecular weight is 171 g/mol. The van der Waals surface area contributed by atoms with Crippen LogP contribution in [0.25, 0.3) is 0 Å². The molecule has 0 fully saturated rings. The highest BCUT2D eigenvalue weighted by Crippen LogP contribution is 1.95. The molecule has 1 amide bonds. The minimum Gasteiger partial charge on any atom is -0.396 e. The van der Waals surface area contributed by atoms with E-state index in [1.54, 1.807) is 13.0 Å². The van der Waals surface area contributed by atoms with Crippen LogP contribution in [0.15, 0.2) is 12.2 Å². The van der Waals surface area contributed by atoms with Gasteiger partial charge in [-0.2, -0.15) is 0 Å². The Labute approximate surface area is 73.5 Å². The van der Waals surface area contributed by atoms with E-state index in [0.29, 0.717) is 6.42 Å². The van der Waals surface area contributed by atoms with E-state index in [1.165, 1.54) is 6.08 Å². The first-order valence-electron chi connectivity index (χ1n) is 4.28. The fourth-order valence-electron chi connectivity index (χ4n) is 0.935. The lowest BCUT2D eigenvalue weighted by molar-refractivity contribution is -0.117. The van der Waals surface area contributed by atoms with E-state index in [2.05, 4.69) is 5.32 Å². The van der Waals surface area contributed by atoms with E-state index in [0.717, 1.165) is 6.42 Å². The standard InChI is InChI=1S/C9H17NO2/c1-3-5-9(12)10-8(4-2)6-7-11/h3,5,8,11H,4,6-7H2,1-2H3,(H,10,12)/b5-3+. The largest absolute Gasteiger partial charge is 0.396 e. The van der Waals surface area contributed by atoms with Gasteiger partial charge in [0.25, 0.3) is 0 Å². The molecule has 2 N–H and O–H groups in total. The normalized spacial score (nSPS) is 13.2. The number of amides is 1. The summed E-state index contributed by atoms with van der Waals surface area (Å²) < 4.78 is 0. The number of hydrogen-bond acceptors (Lipinski definition) is 2. The molecule has 0 bridgehead atoms. The van der Waals surface area contributed by atoms with Gasteiger partial charge in [-0.1, -0.05) is 13.0 Å². The maximum absolute atomic E-state index is 11.0. The van der Waals surface area contributed by atoms with Gasteiger partial charge in [-0.15, -0.1) is 0 Å². The molecule has 0 rings (SSSR count). The Morgan fingerprint density at radius 1 is 1.67 bits per heavy atom. The van der Waals surface area contributed by atoms with Crippen molar-refractivity contribution in [2.75, 3.05) is 6.61 Å². The van der Waals surface area contributed by atoms with Crippen molar-refractivity contribution in [2.24, 2.45) is 0 Å². The summed E-state index contributed by atoms with van der Waals surface area (Å²) in [5.74, 6) is -0.0854. The fourth-order valence-corrected chi connectivity index (χ4v) is 0.935. The van der Waals surface area contributed by atoms with Gasteiger partial charge in [-0.25, -0.2) is 0 Å². The summed E-state index contributed by atoms with van der Waals surface area (Å²) >= 11 is 0. The van der Waals surface area contributed by atoms with Crippen LogP contribution in [-0.2, 0) is 4.79 Å². The molecule has 1 unspecified atom stereocenters. The maximum Gasteiger partial charge on any atom is 0.243 e. The van der Waals surface area contributed by atoms with Crippen LogP contribution in [0.5, 0.6) is 0 Å². The van der Waals surface area contributed by atoms with E-state index in [1.807, 2.05) is 6.92 Å². The quantitative estimate of drug-likeness (QED) is 0.602. The summed E-state index contributed by atoms with van der Waals surface area (Å²) in [4.78, 5) is 11.0. The first kappa shape index (κ1) is 11.2. The third kappa shape index (κ3) is 4.91. The number of aliphatic hydroxyl groups excluding tert-OH is 1. The van der Waals surface area contributed by atoms with Crippen LogP contribution in [0.1, 0.15) is 26.7 Å². The summed E-state index contributed by atoms with van der Waals surface area (Å²) in [7, 11) is 0. The molecule has 1 atom stereocenters. The molecule has 0 spiro atoms. The Bertz CT molecular complexity index is 155. The van der Waals surface area contributed by atoms with Crippen LogP contribution in [0.3, 0.4) is 0 Å². The van der Waals surface area contributed by atoms with Crippen molar-refractivity contribution in [1.29, 1.82) is 0 Å². The Morgan fingerprint density at radius 3 is 2.75 bits per heavy atom. The first-order chi connectivity index (χ1) is 5.74. The highest BCUT2D eigenvalue weighted by atomic mass is 16.3. The number of carbonyl (C=O) groups is 1. The van der Waals surface area contributed by atoms with Crippen molar-refractivity contribution >= 4 is 5.91 Å². The van der Waals surface area contributed by atoms with Crippen LogP contribution in [0, 0.1) is 0 Å². The van der Waals surface area contributed by atoms with Crippen molar-refractivity contribution in [3.63, 3.8) is 0 Å². The molecule has 0 aliphatic heterocycles. The Kier molecular flexibility index (Phi) is 6.38. The SMILES string of the molecule is C/C=C/C(=O)NC(CC)CCO. The van der Waals surface area contributed by atoms with E-state index < -0.39 is 0 Å². The number of hydrogen-bond donors (Lipinski definition) is 2. The average Bonchev–Trinajstić information content (AvgIpc) is 2.04. The second-order valence-electron chi connectivity index (χ2n) is 2.63. The topological polar surface area (TPSA) is 49.3 Å². The van der Waals surface area contributed by atoms with Crippen LogP contribution in [-0.4, -0.2) is 23.7 Å². The van der Waals surface area contributed by atoms with Crippen LogP contribution in [0.4, 0.5) is 0 Å². The molecule has 0 aliphatic carbocycles. The zero-order valence-corrected chi connectivity index (χ0v) is 7.71. The van der Waals surface area contributed by atoms with Gasteiger partial charge in [0.2, 0.25) is 5.91 Å². The molecule has 0 heterocycles. The molecule has 0 aliphatic rings. The smallest absolute Gasteiger partial charge is 0.243 e. The highest BCUT2D eigenvalue weighted by molar-refractivity contribution is 5.87. The number of allylic oxidation sites excluding steroid dienone is 1. The summed E-state index contributed by atoms with van der Waals surface area (Å²) in [6, 6.07) is 0.0960. The molecular formula is C9H17NO2.